The van der Waals surface area contributed by atoms with Crippen molar-refractivity contribution in [3.63, 3.8) is 0 Å². The van der Waals surface area contributed by atoms with E-state index in [0.717, 1.165) is 22.6 Å². The molecule has 0 fully saturated rings. The van der Waals surface area contributed by atoms with Crippen LogP contribution < -0.4 is 9.47 Å². The molecule has 0 radical (unpaired) electrons. The van der Waals surface area contributed by atoms with E-state index < -0.39 is 0 Å². The van der Waals surface area contributed by atoms with Crippen LogP contribution in [0.15, 0.2) is 91.1 Å². The van der Waals surface area contributed by atoms with Crippen molar-refractivity contribution in [3.05, 3.63) is 108 Å². The third kappa shape index (κ3) is 6.35. The lowest BCUT2D eigenvalue weighted by atomic mass is 10.0. The summed E-state index contributed by atoms with van der Waals surface area (Å²) in [6.07, 6.45) is 2.11. The second kappa shape index (κ2) is 10.5. The number of halogens is 1. The molecule has 5 aromatic rings. The Balaban J connectivity index is 1.31. The maximum Gasteiger partial charge on any atom is 0.167 e. The quantitative estimate of drug-likeness (QED) is 0.222. The molecule has 0 unspecified atom stereocenters. The molecule has 0 aliphatic carbocycles. The van der Waals surface area contributed by atoms with E-state index in [9.17, 15) is 14.6 Å². The van der Waals surface area contributed by atoms with E-state index in [2.05, 4.69) is 10.3 Å². The molecule has 39 heavy (non-hydrogen) atoms. The van der Waals surface area contributed by atoms with Crippen LogP contribution >= 0.6 is 0 Å². The van der Waals surface area contributed by atoms with Gasteiger partial charge in [-0.3, -0.25) is 0 Å². The fourth-order valence-corrected chi connectivity index (χ4v) is 4.06. The van der Waals surface area contributed by atoms with E-state index in [1.165, 1.54) is 18.2 Å². The van der Waals surface area contributed by atoms with Gasteiger partial charge in [0.2, 0.25) is 0 Å². The van der Waals surface area contributed by atoms with Gasteiger partial charge in [-0.05, 0) is 111 Å². The Labute approximate surface area is 225 Å². The fourth-order valence-electron chi connectivity index (χ4n) is 4.06. The molecule has 0 amide bonds. The lowest BCUT2D eigenvalue weighted by molar-refractivity contribution is 0.131. The van der Waals surface area contributed by atoms with Gasteiger partial charge >= 0.3 is 0 Å². The van der Waals surface area contributed by atoms with Crippen molar-refractivity contribution in [3.8, 4) is 45.7 Å². The standard InChI is InChI=1S/C31H28FN3O4/c1-31(2,3)39-26-14-12-25(13-15-26)38-24-10-8-23(9-11-24)35-19-28(33-34-35)27-17-21(18-29(36)30(27)37)16-20-4-6-22(32)7-5-20/h4-15,17-19,36-37H,16H2,1-3H3. The molecule has 5 rings (SSSR count). The SMILES string of the molecule is CC(C)(C)Oc1ccc(Oc2ccc(-n3cc(-c4cc(Cc5ccc(F)cc5)cc(O)c4O)nn3)cc2)cc1. The van der Waals surface area contributed by atoms with Gasteiger partial charge in [0.1, 0.15) is 34.4 Å². The summed E-state index contributed by atoms with van der Waals surface area (Å²) in [5, 5.41) is 29.2. The Morgan fingerprint density at radius 2 is 1.41 bits per heavy atom. The zero-order chi connectivity index (χ0) is 27.6. The fraction of sp³-hybridized carbons (Fsp3) is 0.161. The number of hydrogen-bond acceptors (Lipinski definition) is 6. The van der Waals surface area contributed by atoms with Crippen molar-refractivity contribution < 1.29 is 24.1 Å². The number of ether oxygens (including phenoxy) is 2. The molecule has 0 aliphatic heterocycles. The van der Waals surface area contributed by atoms with Crippen LogP contribution in [-0.4, -0.2) is 30.8 Å². The van der Waals surface area contributed by atoms with Crippen molar-refractivity contribution in [2.75, 3.05) is 0 Å². The first-order valence-corrected chi connectivity index (χ1v) is 12.4. The van der Waals surface area contributed by atoms with Gasteiger partial charge in [-0.25, -0.2) is 9.07 Å². The van der Waals surface area contributed by atoms with Crippen molar-refractivity contribution >= 4 is 0 Å². The molecule has 0 spiro atoms. The number of nitrogens with zero attached hydrogens (tertiary/aromatic N) is 3. The Bertz CT molecular complexity index is 1570. The van der Waals surface area contributed by atoms with Crippen LogP contribution in [0.1, 0.15) is 31.9 Å². The zero-order valence-corrected chi connectivity index (χ0v) is 21.8. The van der Waals surface area contributed by atoms with Gasteiger partial charge in [-0.1, -0.05) is 17.3 Å². The molecule has 8 heteroatoms. The summed E-state index contributed by atoms with van der Waals surface area (Å²) in [7, 11) is 0. The van der Waals surface area contributed by atoms with Crippen LogP contribution in [0, 0.1) is 5.82 Å². The van der Waals surface area contributed by atoms with Gasteiger partial charge in [0.15, 0.2) is 11.5 Å². The van der Waals surface area contributed by atoms with Crippen LogP contribution in [0.4, 0.5) is 4.39 Å². The van der Waals surface area contributed by atoms with Gasteiger partial charge in [0.05, 0.1) is 11.9 Å². The smallest absolute Gasteiger partial charge is 0.167 e. The van der Waals surface area contributed by atoms with Crippen molar-refractivity contribution in [2.24, 2.45) is 0 Å². The molecule has 198 valence electrons. The van der Waals surface area contributed by atoms with Crippen molar-refractivity contribution in [2.45, 2.75) is 32.8 Å². The number of aromatic nitrogens is 3. The Morgan fingerprint density at radius 1 is 0.795 bits per heavy atom. The summed E-state index contributed by atoms with van der Waals surface area (Å²) in [6, 6.07) is 24.1. The highest BCUT2D eigenvalue weighted by molar-refractivity contribution is 5.71. The average molecular weight is 526 g/mol. The molecule has 1 aromatic heterocycles. The average Bonchev–Trinajstić information content (AvgIpc) is 3.38. The number of aromatic hydroxyl groups is 2. The second-order valence-electron chi connectivity index (χ2n) is 10.1. The predicted molar refractivity (Wildman–Crippen MR) is 146 cm³/mol. The first kappa shape index (κ1) is 25.8. The molecular weight excluding hydrogens is 497 g/mol. The molecule has 1 heterocycles. The van der Waals surface area contributed by atoms with E-state index in [1.54, 1.807) is 29.1 Å². The zero-order valence-electron chi connectivity index (χ0n) is 21.8. The molecule has 0 saturated heterocycles. The van der Waals surface area contributed by atoms with Gasteiger partial charge in [-0.2, -0.15) is 0 Å². The van der Waals surface area contributed by atoms with Crippen LogP contribution in [0.2, 0.25) is 0 Å². The Hall–Kier alpha value is -4.85. The topological polar surface area (TPSA) is 89.6 Å². The summed E-state index contributed by atoms with van der Waals surface area (Å²) < 4.78 is 26.6. The minimum absolute atomic E-state index is 0.265. The van der Waals surface area contributed by atoms with Gasteiger partial charge in [0, 0.05) is 5.56 Å². The van der Waals surface area contributed by atoms with Crippen LogP contribution in [0.5, 0.6) is 28.7 Å². The predicted octanol–water partition coefficient (Wildman–Crippen LogP) is 7.05. The third-order valence-corrected chi connectivity index (χ3v) is 5.83. The Morgan fingerprint density at radius 3 is 2.05 bits per heavy atom. The Kier molecular flexibility index (Phi) is 6.94. The molecule has 4 aromatic carbocycles. The van der Waals surface area contributed by atoms with Gasteiger partial charge in [0.25, 0.3) is 0 Å². The number of phenols is 2. The minimum atomic E-state index is -0.315. The van der Waals surface area contributed by atoms with E-state index in [-0.39, 0.29) is 22.9 Å². The summed E-state index contributed by atoms with van der Waals surface area (Å²) in [6.45, 7) is 5.99. The van der Waals surface area contributed by atoms with Crippen LogP contribution in [-0.2, 0) is 6.42 Å². The first-order valence-electron chi connectivity index (χ1n) is 12.4. The lowest BCUT2D eigenvalue weighted by Gasteiger charge is -2.21. The summed E-state index contributed by atoms with van der Waals surface area (Å²) in [5.41, 5.74) is 2.80. The second-order valence-corrected chi connectivity index (χ2v) is 10.1. The van der Waals surface area contributed by atoms with Crippen LogP contribution in [0.25, 0.3) is 16.9 Å². The summed E-state index contributed by atoms with van der Waals surface area (Å²) >= 11 is 0. The molecule has 0 bridgehead atoms. The number of rotatable bonds is 7. The molecule has 2 N–H and O–H groups in total. The molecule has 0 atom stereocenters. The first-order chi connectivity index (χ1) is 18.6. The van der Waals surface area contributed by atoms with Crippen molar-refractivity contribution in [1.29, 1.82) is 0 Å². The van der Waals surface area contributed by atoms with E-state index in [4.69, 9.17) is 9.47 Å². The molecule has 0 saturated carbocycles. The molecule has 0 aliphatic rings. The number of phenolic OH excluding ortho intramolecular Hbond substituents is 2. The van der Waals surface area contributed by atoms with E-state index in [0.29, 0.717) is 29.2 Å². The van der Waals surface area contributed by atoms with Crippen LogP contribution in [0.3, 0.4) is 0 Å². The highest BCUT2D eigenvalue weighted by Crippen LogP contribution is 2.37. The number of hydrogen-bond donors (Lipinski definition) is 2. The lowest BCUT2D eigenvalue weighted by Crippen LogP contribution is -2.22. The molecule has 7 nitrogen and oxygen atoms in total. The monoisotopic (exact) mass is 525 g/mol. The number of benzene rings is 4. The third-order valence-electron chi connectivity index (χ3n) is 5.83. The van der Waals surface area contributed by atoms with E-state index >= 15 is 0 Å². The maximum atomic E-state index is 13.2. The van der Waals surface area contributed by atoms with E-state index in [1.807, 2.05) is 69.3 Å². The highest BCUT2D eigenvalue weighted by Gasteiger charge is 2.16. The highest BCUT2D eigenvalue weighted by atomic mass is 19.1. The van der Waals surface area contributed by atoms with Gasteiger partial charge in [-0.15, -0.1) is 5.10 Å². The summed E-state index contributed by atoms with van der Waals surface area (Å²) in [4.78, 5) is 0. The normalized spacial score (nSPS) is 11.4. The van der Waals surface area contributed by atoms with Crippen molar-refractivity contribution in [1.82, 2.24) is 15.0 Å². The van der Waals surface area contributed by atoms with Gasteiger partial charge < -0.3 is 19.7 Å². The molecular formula is C31H28FN3O4. The minimum Gasteiger partial charge on any atom is -0.504 e. The maximum absolute atomic E-state index is 13.2. The summed E-state index contributed by atoms with van der Waals surface area (Å²) in [5.74, 6) is 1.24. The largest absolute Gasteiger partial charge is 0.504 e.